The molecule has 1 aliphatic carbocycles. The molecule has 0 bridgehead atoms. The van der Waals surface area contributed by atoms with Crippen LogP contribution in [0.2, 0.25) is 0 Å². The van der Waals surface area contributed by atoms with E-state index in [-0.39, 0.29) is 5.91 Å². The van der Waals surface area contributed by atoms with Gasteiger partial charge in [0.15, 0.2) is 0 Å². The summed E-state index contributed by atoms with van der Waals surface area (Å²) in [7, 11) is 0. The molecule has 2 rings (SSSR count). The van der Waals surface area contributed by atoms with E-state index in [9.17, 15) is 4.79 Å². The van der Waals surface area contributed by atoms with Crippen molar-refractivity contribution < 1.29 is 4.79 Å². The minimum atomic E-state index is 0.0670. The van der Waals surface area contributed by atoms with Crippen LogP contribution < -0.4 is 5.32 Å². The lowest BCUT2D eigenvalue weighted by atomic mass is 9.84. The molecule has 1 aromatic carbocycles. The molecule has 19 heavy (non-hydrogen) atoms. The number of nitrogens with one attached hydrogen (secondary N) is 1. The minimum absolute atomic E-state index is 0.0670. The summed E-state index contributed by atoms with van der Waals surface area (Å²) in [4.78, 5) is 12.2. The predicted molar refractivity (Wildman–Crippen MR) is 82.4 cm³/mol. The molecule has 1 N–H and O–H groups in total. The first-order valence-electron chi connectivity index (χ1n) is 7.17. The fourth-order valence-corrected chi connectivity index (χ4v) is 3.09. The van der Waals surface area contributed by atoms with Gasteiger partial charge in [-0.25, -0.2) is 0 Å². The highest BCUT2D eigenvalue weighted by Gasteiger charge is 2.22. The quantitative estimate of drug-likeness (QED) is 0.874. The van der Waals surface area contributed by atoms with Crippen LogP contribution in [0, 0.1) is 12.8 Å². The topological polar surface area (TPSA) is 29.1 Å². The molecule has 1 saturated carbocycles. The van der Waals surface area contributed by atoms with E-state index in [2.05, 4.69) is 28.2 Å². The maximum atomic E-state index is 12.2. The third-order valence-electron chi connectivity index (χ3n) is 4.12. The molecule has 0 heterocycles. The maximum Gasteiger partial charge on any atom is 0.251 e. The van der Waals surface area contributed by atoms with Crippen molar-refractivity contribution in [2.45, 2.75) is 52.0 Å². The second-order valence-electron chi connectivity index (χ2n) is 5.58. The largest absolute Gasteiger partial charge is 0.349 e. The van der Waals surface area contributed by atoms with Crippen LogP contribution in [0.3, 0.4) is 0 Å². The van der Waals surface area contributed by atoms with Crippen LogP contribution in [-0.4, -0.2) is 11.9 Å². The highest BCUT2D eigenvalue weighted by molar-refractivity contribution is 9.10. The average Bonchev–Trinajstić information content (AvgIpc) is 2.42. The number of carbonyl (C=O) groups excluding carboxylic acids is 1. The molecule has 0 spiro atoms. The molecule has 3 heteroatoms. The van der Waals surface area contributed by atoms with Crippen LogP contribution in [0.5, 0.6) is 0 Å². The Bertz CT molecular complexity index is 458. The van der Waals surface area contributed by atoms with Crippen LogP contribution in [0.4, 0.5) is 0 Å². The lowest BCUT2D eigenvalue weighted by Gasteiger charge is -2.29. The number of benzene rings is 1. The van der Waals surface area contributed by atoms with Gasteiger partial charge < -0.3 is 5.32 Å². The van der Waals surface area contributed by atoms with E-state index in [0.717, 1.165) is 34.4 Å². The predicted octanol–water partition coefficient (Wildman–Crippen LogP) is 4.46. The zero-order valence-electron chi connectivity index (χ0n) is 11.7. The molecule has 1 aromatic rings. The summed E-state index contributed by atoms with van der Waals surface area (Å²) >= 11 is 3.46. The zero-order chi connectivity index (χ0) is 13.8. The van der Waals surface area contributed by atoms with Gasteiger partial charge in [-0.05, 0) is 49.4 Å². The Labute approximate surface area is 124 Å². The van der Waals surface area contributed by atoms with Gasteiger partial charge in [-0.3, -0.25) is 4.79 Å². The third-order valence-corrected chi connectivity index (χ3v) is 5.01. The van der Waals surface area contributed by atoms with Gasteiger partial charge in [-0.1, -0.05) is 42.1 Å². The van der Waals surface area contributed by atoms with Crippen LogP contribution >= 0.6 is 15.9 Å². The van der Waals surface area contributed by atoms with E-state index in [1.54, 1.807) is 0 Å². The zero-order valence-corrected chi connectivity index (χ0v) is 13.3. The highest BCUT2D eigenvalue weighted by atomic mass is 79.9. The van der Waals surface area contributed by atoms with Crippen LogP contribution in [0.15, 0.2) is 22.7 Å². The molecule has 2 unspecified atom stereocenters. The van der Waals surface area contributed by atoms with Gasteiger partial charge in [-0.2, -0.15) is 0 Å². The normalized spacial score (nSPS) is 23.1. The van der Waals surface area contributed by atoms with Crippen molar-refractivity contribution in [3.63, 3.8) is 0 Å². The summed E-state index contributed by atoms with van der Waals surface area (Å²) in [5.41, 5.74) is 1.86. The standard InChI is InChI=1S/C16H22BrNO/c1-3-12-5-4-6-14(10-12)18-16(19)13-7-8-15(17)11(2)9-13/h7-9,12,14H,3-6,10H2,1-2H3,(H,18,19). The van der Waals surface area contributed by atoms with Crippen molar-refractivity contribution in [3.05, 3.63) is 33.8 Å². The number of amides is 1. The van der Waals surface area contributed by atoms with Crippen molar-refractivity contribution >= 4 is 21.8 Å². The van der Waals surface area contributed by atoms with E-state index >= 15 is 0 Å². The maximum absolute atomic E-state index is 12.2. The van der Waals surface area contributed by atoms with Crippen LogP contribution in [0.25, 0.3) is 0 Å². The van der Waals surface area contributed by atoms with E-state index in [1.807, 2.05) is 25.1 Å². The van der Waals surface area contributed by atoms with E-state index in [4.69, 9.17) is 0 Å². The summed E-state index contributed by atoms with van der Waals surface area (Å²) in [6.07, 6.45) is 6.04. The first-order chi connectivity index (χ1) is 9.10. The summed E-state index contributed by atoms with van der Waals surface area (Å²) in [6.45, 7) is 4.25. The summed E-state index contributed by atoms with van der Waals surface area (Å²) in [6, 6.07) is 6.13. The first-order valence-corrected chi connectivity index (χ1v) is 7.96. The van der Waals surface area contributed by atoms with Gasteiger partial charge in [0.25, 0.3) is 5.91 Å². The molecule has 2 nitrogen and oxygen atoms in total. The molecule has 0 radical (unpaired) electrons. The molecule has 1 aliphatic rings. The van der Waals surface area contributed by atoms with Gasteiger partial charge in [0.2, 0.25) is 0 Å². The van der Waals surface area contributed by atoms with E-state index in [0.29, 0.717) is 6.04 Å². The van der Waals surface area contributed by atoms with Gasteiger partial charge in [0, 0.05) is 16.1 Å². The Balaban J connectivity index is 1.98. The number of hydrogen-bond acceptors (Lipinski definition) is 1. The van der Waals surface area contributed by atoms with Gasteiger partial charge in [-0.15, -0.1) is 0 Å². The molecule has 0 aliphatic heterocycles. The molecule has 104 valence electrons. The van der Waals surface area contributed by atoms with Gasteiger partial charge in [0.05, 0.1) is 0 Å². The Morgan fingerprint density at radius 3 is 2.89 bits per heavy atom. The molecular weight excluding hydrogens is 302 g/mol. The summed E-state index contributed by atoms with van der Waals surface area (Å²) < 4.78 is 1.05. The van der Waals surface area contributed by atoms with Crippen LogP contribution in [0.1, 0.15) is 54.9 Å². The number of hydrogen-bond donors (Lipinski definition) is 1. The molecular formula is C16H22BrNO. The highest BCUT2D eigenvalue weighted by Crippen LogP contribution is 2.26. The molecule has 0 aromatic heterocycles. The van der Waals surface area contributed by atoms with E-state index in [1.165, 1.54) is 19.3 Å². The number of aryl methyl sites for hydroxylation is 1. The monoisotopic (exact) mass is 323 g/mol. The molecule has 1 amide bonds. The number of halogens is 1. The average molecular weight is 324 g/mol. The fraction of sp³-hybridized carbons (Fsp3) is 0.562. The Morgan fingerprint density at radius 1 is 1.42 bits per heavy atom. The van der Waals surface area contributed by atoms with E-state index < -0.39 is 0 Å². The number of carbonyl (C=O) groups is 1. The third kappa shape index (κ3) is 3.82. The molecule has 0 saturated heterocycles. The van der Waals surface area contributed by atoms with Crippen LogP contribution in [-0.2, 0) is 0 Å². The lowest BCUT2D eigenvalue weighted by Crippen LogP contribution is -2.38. The second kappa shape index (κ2) is 6.56. The summed E-state index contributed by atoms with van der Waals surface area (Å²) in [5.74, 6) is 0.850. The SMILES string of the molecule is CCC1CCCC(NC(=O)c2ccc(Br)c(C)c2)C1. The Hall–Kier alpha value is -0.830. The van der Waals surface area contributed by atoms with Gasteiger partial charge in [0.1, 0.15) is 0 Å². The molecule has 2 atom stereocenters. The van der Waals surface area contributed by atoms with Gasteiger partial charge >= 0.3 is 0 Å². The summed E-state index contributed by atoms with van der Waals surface area (Å²) in [5, 5.41) is 3.19. The Morgan fingerprint density at radius 2 is 2.21 bits per heavy atom. The van der Waals surface area contributed by atoms with Crippen molar-refractivity contribution in [1.82, 2.24) is 5.32 Å². The minimum Gasteiger partial charge on any atom is -0.349 e. The van der Waals surface area contributed by atoms with Crippen molar-refractivity contribution in [3.8, 4) is 0 Å². The molecule has 1 fully saturated rings. The van der Waals surface area contributed by atoms with Crippen molar-refractivity contribution in [2.75, 3.05) is 0 Å². The smallest absolute Gasteiger partial charge is 0.251 e. The Kier molecular flexibility index (Phi) is 5.03. The lowest BCUT2D eigenvalue weighted by molar-refractivity contribution is 0.0919. The van der Waals surface area contributed by atoms with Crippen molar-refractivity contribution in [2.24, 2.45) is 5.92 Å². The van der Waals surface area contributed by atoms with Crippen molar-refractivity contribution in [1.29, 1.82) is 0 Å². The second-order valence-corrected chi connectivity index (χ2v) is 6.43. The number of rotatable bonds is 3. The fourth-order valence-electron chi connectivity index (χ4n) is 2.85. The first kappa shape index (κ1) is 14.6.